The number of nitrogens with zero attached hydrogens (tertiary/aromatic N) is 3. The molecule has 0 spiro atoms. The summed E-state index contributed by atoms with van der Waals surface area (Å²) in [5.41, 5.74) is 1.82. The van der Waals surface area contributed by atoms with Crippen molar-refractivity contribution in [3.8, 4) is 0 Å². The zero-order valence-corrected chi connectivity index (χ0v) is 18.1. The number of halogens is 1. The molecular weight excluding hydrogens is 395 g/mol. The molecule has 7 heteroatoms. The number of rotatable bonds is 7. The van der Waals surface area contributed by atoms with E-state index < -0.39 is 6.04 Å². The van der Waals surface area contributed by atoms with E-state index in [1.54, 1.807) is 23.1 Å². The molecule has 1 aromatic rings. The molecule has 1 aromatic carbocycles. The van der Waals surface area contributed by atoms with Crippen LogP contribution >= 0.6 is 0 Å². The average molecular weight is 427 g/mol. The van der Waals surface area contributed by atoms with E-state index in [2.05, 4.69) is 23.7 Å². The Bertz CT molecular complexity index is 899. The molecule has 1 fully saturated rings. The van der Waals surface area contributed by atoms with Crippen molar-refractivity contribution in [2.24, 2.45) is 0 Å². The third-order valence-corrected chi connectivity index (χ3v) is 6.60. The second kappa shape index (κ2) is 9.22. The lowest BCUT2D eigenvalue weighted by molar-refractivity contribution is -0.125. The van der Waals surface area contributed by atoms with Crippen LogP contribution in [0, 0.1) is 5.82 Å². The van der Waals surface area contributed by atoms with Crippen molar-refractivity contribution in [1.82, 2.24) is 20.0 Å². The molecule has 2 unspecified atom stereocenters. The van der Waals surface area contributed by atoms with Gasteiger partial charge in [0.05, 0.1) is 23.9 Å². The van der Waals surface area contributed by atoms with Crippen molar-refractivity contribution in [1.29, 1.82) is 0 Å². The van der Waals surface area contributed by atoms with Gasteiger partial charge >= 0.3 is 6.03 Å². The molecule has 4 rings (SSSR count). The molecule has 3 heterocycles. The summed E-state index contributed by atoms with van der Waals surface area (Å²) < 4.78 is 13.9. The van der Waals surface area contributed by atoms with Gasteiger partial charge in [-0.1, -0.05) is 24.6 Å². The molecule has 6 nitrogen and oxygen atoms in total. The number of carbonyl (C=O) groups excluding carboxylic acids is 2. The van der Waals surface area contributed by atoms with E-state index in [-0.39, 0.29) is 17.8 Å². The number of hydrogen-bond donors (Lipinski definition) is 1. The van der Waals surface area contributed by atoms with Gasteiger partial charge in [-0.15, -0.1) is 6.58 Å². The Morgan fingerprint density at radius 3 is 2.84 bits per heavy atom. The summed E-state index contributed by atoms with van der Waals surface area (Å²) in [5, 5.41) is 2.89. The van der Waals surface area contributed by atoms with Crippen LogP contribution in [-0.2, 0) is 4.79 Å². The van der Waals surface area contributed by atoms with Crippen LogP contribution in [-0.4, -0.2) is 65.4 Å². The number of nitrogens with one attached hydrogen (secondary N) is 1. The zero-order valence-electron chi connectivity index (χ0n) is 18.1. The first-order valence-corrected chi connectivity index (χ1v) is 11.2. The highest BCUT2D eigenvalue weighted by Crippen LogP contribution is 2.36. The van der Waals surface area contributed by atoms with Crippen LogP contribution in [0.5, 0.6) is 0 Å². The molecule has 31 heavy (non-hydrogen) atoms. The summed E-state index contributed by atoms with van der Waals surface area (Å²) in [4.78, 5) is 32.0. The predicted octanol–water partition coefficient (Wildman–Crippen LogP) is 3.44. The number of hydrogen-bond acceptors (Lipinski definition) is 3. The highest BCUT2D eigenvalue weighted by atomic mass is 19.1. The summed E-state index contributed by atoms with van der Waals surface area (Å²) in [6, 6.07) is 5.75. The SMILES string of the molecule is C=CCN1C(=O)NC(c2cccc(F)c2)C2=C1CN(CCCN1CCCCC1C)C2=O. The molecule has 3 amide bonds. The van der Waals surface area contributed by atoms with Crippen molar-refractivity contribution in [3.63, 3.8) is 0 Å². The largest absolute Gasteiger partial charge is 0.333 e. The molecule has 2 atom stereocenters. The van der Waals surface area contributed by atoms with Gasteiger partial charge in [-0.25, -0.2) is 9.18 Å². The highest BCUT2D eigenvalue weighted by Gasteiger charge is 2.43. The molecule has 0 radical (unpaired) electrons. The standard InChI is InChI=1S/C24H31FN4O2/c1-3-11-29-20-16-28(14-7-13-27-12-5-4-8-17(27)2)23(30)21(20)22(26-24(29)31)18-9-6-10-19(25)15-18/h3,6,9-10,15,17,22H,1,4-5,7-8,11-14,16H2,2H3,(H,26,31). The second-order valence-corrected chi connectivity index (χ2v) is 8.66. The first-order chi connectivity index (χ1) is 15.0. The third kappa shape index (κ3) is 4.37. The molecule has 1 saturated heterocycles. The van der Waals surface area contributed by atoms with Gasteiger partial charge in [-0.3, -0.25) is 9.69 Å². The Morgan fingerprint density at radius 1 is 1.26 bits per heavy atom. The van der Waals surface area contributed by atoms with E-state index in [1.165, 1.54) is 31.4 Å². The van der Waals surface area contributed by atoms with Crippen LogP contribution < -0.4 is 5.32 Å². The minimum atomic E-state index is -0.640. The Hall–Kier alpha value is -2.67. The average Bonchev–Trinajstić information content (AvgIpc) is 3.07. The van der Waals surface area contributed by atoms with E-state index in [1.807, 2.05) is 4.90 Å². The Kier molecular flexibility index (Phi) is 6.41. The van der Waals surface area contributed by atoms with E-state index in [9.17, 15) is 14.0 Å². The van der Waals surface area contributed by atoms with Gasteiger partial charge in [0.2, 0.25) is 0 Å². The maximum absolute atomic E-state index is 13.9. The second-order valence-electron chi connectivity index (χ2n) is 8.66. The maximum atomic E-state index is 13.9. The smallest absolute Gasteiger partial charge is 0.322 e. The van der Waals surface area contributed by atoms with E-state index in [0.29, 0.717) is 42.5 Å². The summed E-state index contributed by atoms with van der Waals surface area (Å²) >= 11 is 0. The number of benzene rings is 1. The van der Waals surface area contributed by atoms with Gasteiger partial charge in [0, 0.05) is 25.7 Å². The van der Waals surface area contributed by atoms with Gasteiger partial charge < -0.3 is 15.1 Å². The lowest BCUT2D eigenvalue weighted by Crippen LogP contribution is -2.47. The molecule has 1 N–H and O–H groups in total. The third-order valence-electron chi connectivity index (χ3n) is 6.60. The topological polar surface area (TPSA) is 55.9 Å². The molecular formula is C24H31FN4O2. The maximum Gasteiger partial charge on any atom is 0.322 e. The van der Waals surface area contributed by atoms with Crippen molar-refractivity contribution in [3.05, 3.63) is 59.6 Å². The highest BCUT2D eigenvalue weighted by molar-refractivity contribution is 6.01. The monoisotopic (exact) mass is 426 g/mol. The summed E-state index contributed by atoms with van der Waals surface area (Å²) in [6.07, 6.45) is 6.31. The molecule has 3 aliphatic heterocycles. The zero-order chi connectivity index (χ0) is 22.0. The minimum Gasteiger partial charge on any atom is -0.333 e. The number of likely N-dealkylation sites (tertiary alicyclic amines) is 1. The van der Waals surface area contributed by atoms with Crippen LogP contribution in [0.3, 0.4) is 0 Å². The van der Waals surface area contributed by atoms with Crippen molar-refractivity contribution in [2.75, 3.05) is 32.7 Å². The quantitative estimate of drug-likeness (QED) is 0.680. The van der Waals surface area contributed by atoms with Gasteiger partial charge in [0.1, 0.15) is 5.82 Å². The van der Waals surface area contributed by atoms with Gasteiger partial charge in [0.15, 0.2) is 0 Å². The molecule has 0 aromatic heterocycles. The lowest BCUT2D eigenvalue weighted by atomic mass is 9.95. The fraction of sp³-hybridized carbons (Fsp3) is 0.500. The van der Waals surface area contributed by atoms with Crippen molar-refractivity contribution < 1.29 is 14.0 Å². The minimum absolute atomic E-state index is 0.0787. The Balaban J connectivity index is 1.52. The first-order valence-electron chi connectivity index (χ1n) is 11.2. The predicted molar refractivity (Wildman–Crippen MR) is 118 cm³/mol. The van der Waals surface area contributed by atoms with Crippen LogP contribution in [0.2, 0.25) is 0 Å². The van der Waals surface area contributed by atoms with Crippen LogP contribution in [0.1, 0.15) is 44.2 Å². The van der Waals surface area contributed by atoms with Crippen LogP contribution in [0.4, 0.5) is 9.18 Å². The molecule has 0 saturated carbocycles. The number of piperidine rings is 1. The van der Waals surface area contributed by atoms with Crippen molar-refractivity contribution >= 4 is 11.9 Å². The number of amides is 3. The summed E-state index contributed by atoms with van der Waals surface area (Å²) in [7, 11) is 0. The van der Waals surface area contributed by atoms with Gasteiger partial charge in [0.25, 0.3) is 5.91 Å². The van der Waals surface area contributed by atoms with Gasteiger partial charge in [-0.2, -0.15) is 0 Å². The molecule has 3 aliphatic rings. The normalized spacial score (nSPS) is 24.5. The van der Waals surface area contributed by atoms with Gasteiger partial charge in [-0.05, 0) is 50.4 Å². The molecule has 166 valence electrons. The first kappa shape index (κ1) is 21.6. The van der Waals surface area contributed by atoms with E-state index >= 15 is 0 Å². The van der Waals surface area contributed by atoms with Crippen molar-refractivity contribution in [2.45, 2.75) is 44.7 Å². The lowest BCUT2D eigenvalue weighted by Gasteiger charge is -2.33. The number of urea groups is 1. The van der Waals surface area contributed by atoms with E-state index in [4.69, 9.17) is 0 Å². The molecule has 0 aliphatic carbocycles. The Morgan fingerprint density at radius 2 is 2.10 bits per heavy atom. The summed E-state index contributed by atoms with van der Waals surface area (Å²) in [6.45, 7) is 9.47. The van der Waals surface area contributed by atoms with E-state index in [0.717, 1.165) is 19.5 Å². The fourth-order valence-corrected chi connectivity index (χ4v) is 4.94. The van der Waals surface area contributed by atoms with Crippen LogP contribution in [0.25, 0.3) is 0 Å². The van der Waals surface area contributed by atoms with Crippen LogP contribution in [0.15, 0.2) is 48.2 Å². The number of carbonyl (C=O) groups is 2. The molecule has 0 bridgehead atoms. The Labute approximate surface area is 183 Å². The fourth-order valence-electron chi connectivity index (χ4n) is 4.94. The summed E-state index contributed by atoms with van der Waals surface area (Å²) in [5.74, 6) is -0.467.